The van der Waals surface area contributed by atoms with Crippen molar-refractivity contribution >= 4 is 11.6 Å². The van der Waals surface area contributed by atoms with Crippen LogP contribution in [-0.4, -0.2) is 36.6 Å². The van der Waals surface area contributed by atoms with Crippen LogP contribution < -0.4 is 15.0 Å². The molecule has 1 aromatic carbocycles. The van der Waals surface area contributed by atoms with Crippen LogP contribution in [0.3, 0.4) is 0 Å². The van der Waals surface area contributed by atoms with Crippen molar-refractivity contribution in [2.24, 2.45) is 11.8 Å². The number of benzene rings is 1. The first-order valence-electron chi connectivity index (χ1n) is 10.5. The smallest absolute Gasteiger partial charge is 0.255 e. The summed E-state index contributed by atoms with van der Waals surface area (Å²) in [6.07, 6.45) is 5.59. The van der Waals surface area contributed by atoms with Crippen molar-refractivity contribution < 1.29 is 18.3 Å². The third-order valence-corrected chi connectivity index (χ3v) is 6.76. The van der Waals surface area contributed by atoms with Crippen LogP contribution in [0, 0.1) is 23.5 Å². The van der Waals surface area contributed by atoms with E-state index < -0.39 is 11.6 Å². The lowest BCUT2D eigenvalue weighted by Crippen LogP contribution is -2.68. The molecule has 2 heterocycles. The number of anilines is 1. The second-order valence-corrected chi connectivity index (χ2v) is 9.12. The fourth-order valence-electron chi connectivity index (χ4n) is 5.17. The summed E-state index contributed by atoms with van der Waals surface area (Å²) in [5, 5.41) is 3.19. The predicted molar refractivity (Wildman–Crippen MR) is 110 cm³/mol. The number of aromatic nitrogens is 1. The maximum atomic E-state index is 14.1. The summed E-state index contributed by atoms with van der Waals surface area (Å²) in [5.41, 5.74) is 1.75. The van der Waals surface area contributed by atoms with Crippen LogP contribution in [0.25, 0.3) is 11.1 Å². The molecule has 0 spiro atoms. The summed E-state index contributed by atoms with van der Waals surface area (Å²) >= 11 is 0. The first kappa shape index (κ1) is 19.3. The zero-order valence-corrected chi connectivity index (χ0v) is 17.2. The molecule has 2 aromatic rings. The van der Waals surface area contributed by atoms with E-state index in [-0.39, 0.29) is 17.3 Å². The van der Waals surface area contributed by atoms with Crippen LogP contribution in [0.4, 0.5) is 14.5 Å². The molecule has 0 unspecified atom stereocenters. The van der Waals surface area contributed by atoms with Crippen molar-refractivity contribution in [2.75, 3.05) is 25.1 Å². The maximum Gasteiger partial charge on any atom is 0.255 e. The van der Waals surface area contributed by atoms with Crippen LogP contribution in [0.15, 0.2) is 24.4 Å². The first-order valence-corrected chi connectivity index (χ1v) is 10.5. The summed E-state index contributed by atoms with van der Waals surface area (Å²) in [4.78, 5) is 19.7. The molecule has 158 valence electrons. The molecule has 4 aliphatic rings. The zero-order valence-electron chi connectivity index (χ0n) is 17.2. The van der Waals surface area contributed by atoms with Gasteiger partial charge in [-0.05, 0) is 55.2 Å². The van der Waals surface area contributed by atoms with Gasteiger partial charge in [-0.25, -0.2) is 13.8 Å². The molecule has 3 saturated carbocycles. The number of hydrogen-bond donors (Lipinski definition) is 1. The second-order valence-electron chi connectivity index (χ2n) is 9.12. The summed E-state index contributed by atoms with van der Waals surface area (Å²) < 4.78 is 33.6. The highest BCUT2D eigenvalue weighted by Crippen LogP contribution is 2.57. The van der Waals surface area contributed by atoms with E-state index in [4.69, 9.17) is 4.74 Å². The Morgan fingerprint density at radius 2 is 1.93 bits per heavy atom. The Labute approximate surface area is 174 Å². The monoisotopic (exact) mass is 413 g/mol. The van der Waals surface area contributed by atoms with Crippen molar-refractivity contribution in [2.45, 2.75) is 38.1 Å². The number of rotatable bonds is 5. The number of amides is 1. The lowest BCUT2D eigenvalue weighted by atomic mass is 9.50. The van der Waals surface area contributed by atoms with Gasteiger partial charge in [-0.2, -0.15) is 0 Å². The van der Waals surface area contributed by atoms with Crippen molar-refractivity contribution in [3.8, 4) is 17.0 Å². The van der Waals surface area contributed by atoms with Gasteiger partial charge in [0.25, 0.3) is 5.91 Å². The molecule has 1 aliphatic heterocycles. The van der Waals surface area contributed by atoms with E-state index in [1.54, 1.807) is 0 Å². The molecule has 4 fully saturated rings. The van der Waals surface area contributed by atoms with Gasteiger partial charge in [0, 0.05) is 30.9 Å². The van der Waals surface area contributed by atoms with Crippen molar-refractivity contribution in [1.82, 2.24) is 10.3 Å². The van der Waals surface area contributed by atoms with Crippen molar-refractivity contribution in [3.05, 3.63) is 41.6 Å². The Kier molecular flexibility index (Phi) is 4.45. The molecule has 1 aromatic heterocycles. The number of halogens is 2. The molecule has 1 amide bonds. The average molecular weight is 413 g/mol. The highest BCUT2D eigenvalue weighted by Gasteiger charge is 2.57. The van der Waals surface area contributed by atoms with E-state index in [2.05, 4.69) is 22.1 Å². The molecular formula is C23H25F2N3O2. The van der Waals surface area contributed by atoms with Crippen LogP contribution in [-0.2, 0) is 0 Å². The Bertz CT molecular complexity index is 988. The van der Waals surface area contributed by atoms with Gasteiger partial charge in [0.2, 0.25) is 5.88 Å². The lowest BCUT2D eigenvalue weighted by Gasteiger charge is -2.61. The fourth-order valence-corrected chi connectivity index (χ4v) is 5.17. The predicted octanol–water partition coefficient (Wildman–Crippen LogP) is 4.16. The number of ether oxygens (including phenoxy) is 1. The molecule has 1 N–H and O–H groups in total. The summed E-state index contributed by atoms with van der Waals surface area (Å²) in [6.45, 7) is 3.67. The molecule has 1 saturated heterocycles. The third kappa shape index (κ3) is 3.11. The number of carbonyl (C=O) groups excluding carboxylic acids is 1. The largest absolute Gasteiger partial charge is 0.480 e. The molecule has 2 bridgehead atoms. The van der Waals surface area contributed by atoms with Gasteiger partial charge in [0.05, 0.1) is 23.9 Å². The summed E-state index contributed by atoms with van der Waals surface area (Å²) in [6, 6.07) is 3.35. The van der Waals surface area contributed by atoms with E-state index in [9.17, 15) is 13.6 Å². The quantitative estimate of drug-likeness (QED) is 0.800. The molecule has 1 atom stereocenters. The number of carbonyl (C=O) groups is 1. The number of pyridine rings is 1. The Morgan fingerprint density at radius 1 is 1.23 bits per heavy atom. The first-order chi connectivity index (χ1) is 14.4. The van der Waals surface area contributed by atoms with Gasteiger partial charge in [0.1, 0.15) is 11.6 Å². The summed E-state index contributed by atoms with van der Waals surface area (Å²) in [5.74, 6) is -0.112. The van der Waals surface area contributed by atoms with Crippen molar-refractivity contribution in [1.29, 1.82) is 0 Å². The van der Waals surface area contributed by atoms with Gasteiger partial charge >= 0.3 is 0 Å². The van der Waals surface area contributed by atoms with E-state index in [0.29, 0.717) is 28.3 Å². The van der Waals surface area contributed by atoms with Gasteiger partial charge in [-0.3, -0.25) is 4.79 Å². The van der Waals surface area contributed by atoms with Crippen LogP contribution in [0.5, 0.6) is 5.88 Å². The highest BCUT2D eigenvalue weighted by atomic mass is 19.1. The minimum atomic E-state index is -0.684. The molecule has 6 rings (SSSR count). The van der Waals surface area contributed by atoms with Gasteiger partial charge in [-0.1, -0.05) is 6.92 Å². The fraction of sp³-hybridized carbons (Fsp3) is 0.478. The molecule has 3 aliphatic carbocycles. The van der Waals surface area contributed by atoms with E-state index in [1.165, 1.54) is 25.4 Å². The molecular weight excluding hydrogens is 388 g/mol. The molecule has 5 nitrogen and oxygen atoms in total. The average Bonchev–Trinajstić information content (AvgIpc) is 3.07. The summed E-state index contributed by atoms with van der Waals surface area (Å²) in [7, 11) is 1.47. The Balaban J connectivity index is 1.65. The van der Waals surface area contributed by atoms with Crippen LogP contribution in [0.2, 0.25) is 0 Å². The van der Waals surface area contributed by atoms with Gasteiger partial charge < -0.3 is 15.0 Å². The standard InChI is InChI=1S/C23H25F2N3O2/c1-13-3-4-28(12-13)20-18(21(29)27-23-8-14(9-23)10-23)11-26-22(30-2)19(20)15-5-16(24)7-17(25)6-15/h5-7,11,13-14H,3-4,8-10,12H2,1-2H3,(H,27,29)/t13-,14?,23?/m1/s1. The Hall–Kier alpha value is -2.70. The number of methoxy groups -OCH3 is 1. The normalized spacial score (nSPS) is 26.7. The third-order valence-electron chi connectivity index (χ3n) is 6.76. The minimum absolute atomic E-state index is 0.0810. The lowest BCUT2D eigenvalue weighted by molar-refractivity contribution is -0.0438. The zero-order chi connectivity index (χ0) is 21.0. The molecule has 0 radical (unpaired) electrons. The van der Waals surface area contributed by atoms with E-state index >= 15 is 0 Å². The molecule has 7 heteroatoms. The Morgan fingerprint density at radius 3 is 2.47 bits per heavy atom. The van der Waals surface area contributed by atoms with E-state index in [0.717, 1.165) is 50.8 Å². The number of nitrogens with one attached hydrogen (secondary N) is 1. The van der Waals surface area contributed by atoms with Gasteiger partial charge in [0.15, 0.2) is 0 Å². The van der Waals surface area contributed by atoms with Crippen LogP contribution in [0.1, 0.15) is 43.0 Å². The maximum absolute atomic E-state index is 14.1. The topological polar surface area (TPSA) is 54.5 Å². The highest BCUT2D eigenvalue weighted by molar-refractivity contribution is 6.04. The number of nitrogens with zero attached hydrogens (tertiary/aromatic N) is 2. The minimum Gasteiger partial charge on any atom is -0.480 e. The van der Waals surface area contributed by atoms with Gasteiger partial charge in [-0.15, -0.1) is 0 Å². The molecule has 30 heavy (non-hydrogen) atoms. The van der Waals surface area contributed by atoms with Crippen LogP contribution >= 0.6 is 0 Å². The van der Waals surface area contributed by atoms with Crippen molar-refractivity contribution in [3.63, 3.8) is 0 Å². The second kappa shape index (κ2) is 6.93. The van der Waals surface area contributed by atoms with E-state index in [1.807, 2.05) is 0 Å². The number of hydrogen-bond acceptors (Lipinski definition) is 4. The SMILES string of the molecule is COc1ncc(C(=O)NC23CC(C2)C3)c(N2CC[C@@H](C)C2)c1-c1cc(F)cc(F)c1.